The van der Waals surface area contributed by atoms with Crippen LogP contribution in [0.4, 0.5) is 9.18 Å². The van der Waals surface area contributed by atoms with Gasteiger partial charge in [0.25, 0.3) is 0 Å². The van der Waals surface area contributed by atoms with Crippen LogP contribution in [-0.2, 0) is 4.79 Å². The molecule has 2 aliphatic rings. The van der Waals surface area contributed by atoms with Crippen molar-refractivity contribution in [1.29, 1.82) is 0 Å². The number of rotatable bonds is 3. The summed E-state index contributed by atoms with van der Waals surface area (Å²) in [4.78, 5) is 25.0. The quantitative estimate of drug-likeness (QED) is 0.819. The summed E-state index contributed by atoms with van der Waals surface area (Å²) in [6.07, 6.45) is 2.99. The maximum atomic E-state index is 13.3. The van der Waals surface area contributed by atoms with Crippen LogP contribution in [0.5, 0.6) is 0 Å². The van der Waals surface area contributed by atoms with Crippen LogP contribution < -0.4 is 5.32 Å². The summed E-state index contributed by atoms with van der Waals surface area (Å²) in [6, 6.07) is 4.94. The Bertz CT molecular complexity index is 649. The van der Waals surface area contributed by atoms with Crippen molar-refractivity contribution in [2.75, 3.05) is 13.1 Å². The molecule has 24 heavy (non-hydrogen) atoms. The number of carbonyl (C=O) groups is 2. The van der Waals surface area contributed by atoms with E-state index in [9.17, 15) is 14.0 Å². The molecule has 0 spiro atoms. The number of carbonyl (C=O) groups excluding carboxylic acids is 1. The maximum absolute atomic E-state index is 13.3. The minimum Gasteiger partial charge on any atom is -0.481 e. The standard InChI is InChI=1S/C17H20BrFN2O3/c18-14-8-10(3-4-15(14)19)12-6-13(7-12)20-17(24)21-5-1-2-11(9-21)16(22)23/h3-4,8,11-13H,1-2,5-7,9H2,(H,20,24)(H,22,23). The smallest absolute Gasteiger partial charge is 0.317 e. The number of carboxylic acids is 1. The maximum Gasteiger partial charge on any atom is 0.317 e. The van der Waals surface area contributed by atoms with Gasteiger partial charge in [0, 0.05) is 19.1 Å². The van der Waals surface area contributed by atoms with Gasteiger partial charge in [0.15, 0.2) is 0 Å². The highest BCUT2D eigenvalue weighted by Gasteiger charge is 2.34. The Hall–Kier alpha value is -1.63. The lowest BCUT2D eigenvalue weighted by atomic mass is 9.76. The SMILES string of the molecule is O=C(O)C1CCCN(C(=O)NC2CC(c3ccc(F)c(Br)c3)C2)C1. The summed E-state index contributed by atoms with van der Waals surface area (Å²) in [5.41, 5.74) is 1.07. The minimum atomic E-state index is -0.835. The first-order valence-electron chi connectivity index (χ1n) is 8.17. The second-order valence-electron chi connectivity index (χ2n) is 6.61. The molecule has 2 amide bonds. The van der Waals surface area contributed by atoms with Crippen molar-refractivity contribution >= 4 is 27.9 Å². The Morgan fingerprint density at radius 1 is 1.33 bits per heavy atom. The van der Waals surface area contributed by atoms with Crippen LogP contribution >= 0.6 is 15.9 Å². The zero-order chi connectivity index (χ0) is 17.3. The summed E-state index contributed by atoms with van der Waals surface area (Å²) >= 11 is 3.19. The highest BCUT2D eigenvalue weighted by molar-refractivity contribution is 9.10. The van der Waals surface area contributed by atoms with E-state index in [2.05, 4.69) is 21.2 Å². The van der Waals surface area contributed by atoms with Gasteiger partial charge in [0.2, 0.25) is 0 Å². The normalized spacial score (nSPS) is 26.6. The molecule has 1 atom stereocenters. The second-order valence-corrected chi connectivity index (χ2v) is 7.47. The van der Waals surface area contributed by atoms with E-state index in [4.69, 9.17) is 5.11 Å². The van der Waals surface area contributed by atoms with E-state index in [0.29, 0.717) is 23.4 Å². The summed E-state index contributed by atoms with van der Waals surface area (Å²) in [5.74, 6) is -1.25. The predicted octanol–water partition coefficient (Wildman–Crippen LogP) is 3.34. The molecule has 1 heterocycles. The van der Waals surface area contributed by atoms with Crippen LogP contribution in [0.2, 0.25) is 0 Å². The topological polar surface area (TPSA) is 69.6 Å². The molecule has 0 radical (unpaired) electrons. The summed E-state index contributed by atoms with van der Waals surface area (Å²) < 4.78 is 13.7. The van der Waals surface area contributed by atoms with E-state index in [1.807, 2.05) is 0 Å². The van der Waals surface area contributed by atoms with Gasteiger partial charge in [-0.05, 0) is 65.2 Å². The average Bonchev–Trinajstić information content (AvgIpc) is 2.53. The van der Waals surface area contributed by atoms with Gasteiger partial charge in [-0.25, -0.2) is 9.18 Å². The zero-order valence-corrected chi connectivity index (χ0v) is 14.8. The van der Waals surface area contributed by atoms with E-state index in [1.54, 1.807) is 17.0 Å². The van der Waals surface area contributed by atoms with E-state index in [0.717, 1.165) is 24.8 Å². The fraction of sp³-hybridized carbons (Fsp3) is 0.529. The molecule has 5 nitrogen and oxygen atoms in total. The third kappa shape index (κ3) is 3.71. The molecule has 1 saturated carbocycles. The van der Waals surface area contributed by atoms with Crippen LogP contribution in [-0.4, -0.2) is 41.1 Å². The molecule has 1 saturated heterocycles. The average molecular weight is 399 g/mol. The number of hydrogen-bond acceptors (Lipinski definition) is 2. The molecule has 2 fully saturated rings. The third-order valence-corrected chi connectivity index (χ3v) is 5.55. The van der Waals surface area contributed by atoms with Gasteiger partial charge < -0.3 is 15.3 Å². The van der Waals surface area contributed by atoms with Crippen LogP contribution in [0.3, 0.4) is 0 Å². The molecule has 7 heteroatoms. The molecule has 1 unspecified atom stereocenters. The van der Waals surface area contributed by atoms with Crippen molar-refractivity contribution in [2.45, 2.75) is 37.6 Å². The highest BCUT2D eigenvalue weighted by atomic mass is 79.9. The number of aliphatic carboxylic acids is 1. The van der Waals surface area contributed by atoms with Crippen molar-refractivity contribution < 1.29 is 19.1 Å². The van der Waals surface area contributed by atoms with Crippen LogP contribution in [0.15, 0.2) is 22.7 Å². The number of halogens is 2. The number of benzene rings is 1. The number of piperidine rings is 1. The largest absolute Gasteiger partial charge is 0.481 e. The van der Waals surface area contributed by atoms with E-state index in [1.165, 1.54) is 6.07 Å². The minimum absolute atomic E-state index is 0.0940. The Labute approximate surface area is 148 Å². The van der Waals surface area contributed by atoms with Crippen LogP contribution in [0.25, 0.3) is 0 Å². The number of amides is 2. The van der Waals surface area contributed by atoms with Gasteiger partial charge in [-0.1, -0.05) is 6.07 Å². The van der Waals surface area contributed by atoms with Gasteiger partial charge in [-0.3, -0.25) is 4.79 Å². The summed E-state index contributed by atoms with van der Waals surface area (Å²) in [6.45, 7) is 0.888. The molecule has 1 aliphatic carbocycles. The van der Waals surface area contributed by atoms with Gasteiger partial charge in [-0.15, -0.1) is 0 Å². The number of nitrogens with one attached hydrogen (secondary N) is 1. The van der Waals surface area contributed by atoms with Gasteiger partial charge in [-0.2, -0.15) is 0 Å². The molecular weight excluding hydrogens is 379 g/mol. The van der Waals surface area contributed by atoms with Crippen LogP contribution in [0, 0.1) is 11.7 Å². The molecule has 130 valence electrons. The Morgan fingerprint density at radius 2 is 2.08 bits per heavy atom. The second kappa shape index (κ2) is 7.09. The molecule has 1 aromatic carbocycles. The summed E-state index contributed by atoms with van der Waals surface area (Å²) in [5, 5.41) is 12.1. The first-order valence-corrected chi connectivity index (χ1v) is 8.96. The van der Waals surface area contributed by atoms with Crippen molar-refractivity contribution in [2.24, 2.45) is 5.92 Å². The highest BCUT2D eigenvalue weighted by Crippen LogP contribution is 2.38. The molecule has 1 aromatic rings. The monoisotopic (exact) mass is 398 g/mol. The van der Waals surface area contributed by atoms with Crippen molar-refractivity contribution in [3.05, 3.63) is 34.1 Å². The lowest BCUT2D eigenvalue weighted by Crippen LogP contribution is -2.52. The molecule has 3 rings (SSSR count). The van der Waals surface area contributed by atoms with E-state index < -0.39 is 11.9 Å². The van der Waals surface area contributed by atoms with Crippen LogP contribution in [0.1, 0.15) is 37.2 Å². The number of likely N-dealkylation sites (tertiary alicyclic amines) is 1. The lowest BCUT2D eigenvalue weighted by Gasteiger charge is -2.39. The Balaban J connectivity index is 1.49. The molecule has 1 aliphatic heterocycles. The Kier molecular flexibility index (Phi) is 5.08. The van der Waals surface area contributed by atoms with Gasteiger partial charge in [0.05, 0.1) is 10.4 Å². The third-order valence-electron chi connectivity index (χ3n) is 4.94. The molecular formula is C17H20BrFN2O3. The molecule has 2 N–H and O–H groups in total. The lowest BCUT2D eigenvalue weighted by molar-refractivity contribution is -0.143. The number of carboxylic acid groups (broad SMARTS) is 1. The predicted molar refractivity (Wildman–Crippen MR) is 90.3 cm³/mol. The fourth-order valence-corrected chi connectivity index (χ4v) is 3.80. The number of urea groups is 1. The fourth-order valence-electron chi connectivity index (χ4n) is 3.40. The molecule has 0 aromatic heterocycles. The van der Waals surface area contributed by atoms with E-state index in [-0.39, 0.29) is 24.4 Å². The molecule has 0 bridgehead atoms. The number of hydrogen-bond donors (Lipinski definition) is 2. The number of nitrogens with zero attached hydrogens (tertiary/aromatic N) is 1. The van der Waals surface area contributed by atoms with Gasteiger partial charge in [0.1, 0.15) is 5.82 Å². The van der Waals surface area contributed by atoms with E-state index >= 15 is 0 Å². The van der Waals surface area contributed by atoms with Crippen molar-refractivity contribution in [3.8, 4) is 0 Å². The van der Waals surface area contributed by atoms with Crippen molar-refractivity contribution in [1.82, 2.24) is 10.2 Å². The van der Waals surface area contributed by atoms with Crippen molar-refractivity contribution in [3.63, 3.8) is 0 Å². The zero-order valence-electron chi connectivity index (χ0n) is 13.2. The van der Waals surface area contributed by atoms with Gasteiger partial charge >= 0.3 is 12.0 Å². The Morgan fingerprint density at radius 3 is 2.75 bits per heavy atom. The first kappa shape index (κ1) is 17.2. The first-order chi connectivity index (χ1) is 11.4. The summed E-state index contributed by atoms with van der Waals surface area (Å²) in [7, 11) is 0.